The van der Waals surface area contributed by atoms with E-state index < -0.39 is 0 Å². The number of hydrogen-bond acceptors (Lipinski definition) is 4. The molecule has 2 aliphatic rings. The molecular formula is C14H19ClN2O2S. The Morgan fingerprint density at radius 3 is 3.05 bits per heavy atom. The standard InChI is InChI=1S/C14H18N2O2S.ClH/c1-9-13(15-6-7-18-9)14(17)16-11-8-19-12-5-3-2-4-10(11)12;/h2-5,9,11,13,15H,6-8H2,1H3,(H,16,17);1H/t9-,11?,13+;/m1./s1. The van der Waals surface area contributed by atoms with Gasteiger partial charge in [-0.1, -0.05) is 18.2 Å². The highest BCUT2D eigenvalue weighted by Gasteiger charge is 2.31. The van der Waals surface area contributed by atoms with Gasteiger partial charge < -0.3 is 15.4 Å². The zero-order valence-corrected chi connectivity index (χ0v) is 12.9. The van der Waals surface area contributed by atoms with Crippen molar-refractivity contribution in [2.45, 2.75) is 30.0 Å². The highest BCUT2D eigenvalue weighted by atomic mass is 35.5. The Morgan fingerprint density at radius 2 is 2.25 bits per heavy atom. The van der Waals surface area contributed by atoms with E-state index in [1.165, 1.54) is 10.5 Å². The number of benzene rings is 1. The molecule has 0 aliphatic carbocycles. The summed E-state index contributed by atoms with van der Waals surface area (Å²) >= 11 is 1.80. The zero-order chi connectivity index (χ0) is 13.2. The van der Waals surface area contributed by atoms with Crippen molar-refractivity contribution in [3.8, 4) is 0 Å². The van der Waals surface area contributed by atoms with Crippen LogP contribution in [0.25, 0.3) is 0 Å². The second-order valence-corrected chi connectivity index (χ2v) is 5.98. The van der Waals surface area contributed by atoms with Gasteiger partial charge in [0.05, 0.1) is 18.8 Å². The predicted molar refractivity (Wildman–Crippen MR) is 82.5 cm³/mol. The van der Waals surface area contributed by atoms with E-state index in [9.17, 15) is 4.79 Å². The van der Waals surface area contributed by atoms with Crippen molar-refractivity contribution >= 4 is 30.1 Å². The third kappa shape index (κ3) is 3.11. The average molecular weight is 315 g/mol. The number of rotatable bonds is 2. The van der Waals surface area contributed by atoms with Crippen molar-refractivity contribution in [2.24, 2.45) is 0 Å². The van der Waals surface area contributed by atoms with E-state index in [-0.39, 0.29) is 36.5 Å². The first-order valence-corrected chi connectivity index (χ1v) is 7.61. The van der Waals surface area contributed by atoms with Gasteiger partial charge in [0.15, 0.2) is 0 Å². The third-order valence-electron chi connectivity index (χ3n) is 3.62. The lowest BCUT2D eigenvalue weighted by molar-refractivity contribution is -0.129. The van der Waals surface area contributed by atoms with E-state index in [0.717, 1.165) is 12.3 Å². The highest BCUT2D eigenvalue weighted by Crippen LogP contribution is 2.37. The average Bonchev–Trinajstić information content (AvgIpc) is 2.83. The summed E-state index contributed by atoms with van der Waals surface area (Å²) in [5.41, 5.74) is 1.23. The van der Waals surface area contributed by atoms with Crippen molar-refractivity contribution < 1.29 is 9.53 Å². The van der Waals surface area contributed by atoms with Gasteiger partial charge in [0.1, 0.15) is 6.04 Å². The van der Waals surface area contributed by atoms with Crippen LogP contribution < -0.4 is 10.6 Å². The van der Waals surface area contributed by atoms with Crippen molar-refractivity contribution in [1.29, 1.82) is 0 Å². The first kappa shape index (κ1) is 15.6. The number of morpholine rings is 1. The quantitative estimate of drug-likeness (QED) is 0.873. The second-order valence-electron chi connectivity index (χ2n) is 4.92. The molecule has 0 radical (unpaired) electrons. The smallest absolute Gasteiger partial charge is 0.240 e. The fourth-order valence-electron chi connectivity index (χ4n) is 2.57. The minimum atomic E-state index is -0.244. The van der Waals surface area contributed by atoms with E-state index in [0.29, 0.717) is 6.61 Å². The topological polar surface area (TPSA) is 50.4 Å². The Labute approximate surface area is 129 Å². The summed E-state index contributed by atoms with van der Waals surface area (Å²) in [5.74, 6) is 0.946. The molecule has 3 rings (SSSR count). The maximum absolute atomic E-state index is 12.3. The summed E-state index contributed by atoms with van der Waals surface area (Å²) in [5, 5.41) is 6.36. The first-order valence-electron chi connectivity index (χ1n) is 6.63. The van der Waals surface area contributed by atoms with Crippen molar-refractivity contribution in [3.05, 3.63) is 29.8 Å². The van der Waals surface area contributed by atoms with Crippen LogP contribution in [0, 0.1) is 0 Å². The number of thioether (sulfide) groups is 1. The summed E-state index contributed by atoms with van der Waals surface area (Å²) in [6.45, 7) is 3.35. The summed E-state index contributed by atoms with van der Waals surface area (Å²) in [7, 11) is 0. The van der Waals surface area contributed by atoms with E-state index in [4.69, 9.17) is 4.74 Å². The molecule has 1 aromatic rings. The second kappa shape index (κ2) is 6.80. The zero-order valence-electron chi connectivity index (χ0n) is 11.3. The normalized spacial score (nSPS) is 28.4. The van der Waals surface area contributed by atoms with Crippen LogP contribution >= 0.6 is 24.2 Å². The Balaban J connectivity index is 0.00000147. The monoisotopic (exact) mass is 314 g/mol. The Bertz CT molecular complexity index is 486. The molecular weight excluding hydrogens is 296 g/mol. The molecule has 1 fully saturated rings. The van der Waals surface area contributed by atoms with E-state index in [1.807, 2.05) is 19.1 Å². The van der Waals surface area contributed by atoms with Gasteiger partial charge in [-0.05, 0) is 18.6 Å². The number of halogens is 1. The molecule has 6 heteroatoms. The van der Waals surface area contributed by atoms with Crippen molar-refractivity contribution in [2.75, 3.05) is 18.9 Å². The van der Waals surface area contributed by atoms with Crippen LogP contribution in [0.15, 0.2) is 29.2 Å². The lowest BCUT2D eigenvalue weighted by atomic mass is 10.1. The SMILES string of the molecule is C[C@H]1OCCN[C@@H]1C(=O)NC1CSc2ccccc21.Cl. The van der Waals surface area contributed by atoms with Crippen LogP contribution in [-0.2, 0) is 9.53 Å². The summed E-state index contributed by atoms with van der Waals surface area (Å²) in [4.78, 5) is 13.6. The molecule has 1 aromatic carbocycles. The van der Waals surface area contributed by atoms with Crippen LogP contribution in [0.2, 0.25) is 0 Å². The fraction of sp³-hybridized carbons (Fsp3) is 0.500. The molecule has 2 N–H and O–H groups in total. The van der Waals surface area contributed by atoms with Gasteiger partial charge in [0.25, 0.3) is 0 Å². The molecule has 2 aliphatic heterocycles. The van der Waals surface area contributed by atoms with Crippen molar-refractivity contribution in [3.63, 3.8) is 0 Å². The molecule has 1 saturated heterocycles. The molecule has 0 aromatic heterocycles. The minimum absolute atomic E-state index is 0. The number of carbonyl (C=O) groups is 1. The molecule has 1 amide bonds. The Kier molecular flexibility index (Phi) is 5.32. The lowest BCUT2D eigenvalue weighted by Crippen LogP contribution is -2.55. The summed E-state index contributed by atoms with van der Waals surface area (Å²) in [6, 6.07) is 8.13. The van der Waals surface area contributed by atoms with Gasteiger partial charge in [-0.2, -0.15) is 0 Å². The van der Waals surface area contributed by atoms with Gasteiger partial charge in [0, 0.05) is 17.2 Å². The van der Waals surface area contributed by atoms with Crippen LogP contribution in [0.4, 0.5) is 0 Å². The summed E-state index contributed by atoms with van der Waals surface area (Å²) < 4.78 is 5.52. The van der Waals surface area contributed by atoms with E-state index in [2.05, 4.69) is 22.8 Å². The van der Waals surface area contributed by atoms with E-state index >= 15 is 0 Å². The van der Waals surface area contributed by atoms with Crippen LogP contribution in [0.5, 0.6) is 0 Å². The molecule has 3 atom stereocenters. The number of carbonyl (C=O) groups excluding carboxylic acids is 1. The minimum Gasteiger partial charge on any atom is -0.375 e. The number of nitrogens with one attached hydrogen (secondary N) is 2. The maximum Gasteiger partial charge on any atom is 0.240 e. The molecule has 20 heavy (non-hydrogen) atoms. The van der Waals surface area contributed by atoms with Crippen LogP contribution in [0.1, 0.15) is 18.5 Å². The maximum atomic E-state index is 12.3. The number of hydrogen-bond donors (Lipinski definition) is 2. The number of amides is 1. The largest absolute Gasteiger partial charge is 0.375 e. The molecule has 0 saturated carbocycles. The number of fused-ring (bicyclic) bond motifs is 1. The van der Waals surface area contributed by atoms with Crippen molar-refractivity contribution in [1.82, 2.24) is 10.6 Å². The predicted octanol–water partition coefficient (Wildman–Crippen LogP) is 1.75. The number of ether oxygens (including phenoxy) is 1. The molecule has 1 unspecified atom stereocenters. The van der Waals surface area contributed by atoms with Gasteiger partial charge in [-0.3, -0.25) is 4.79 Å². The van der Waals surface area contributed by atoms with Crippen LogP contribution in [0.3, 0.4) is 0 Å². The third-order valence-corrected chi connectivity index (χ3v) is 4.80. The molecule has 0 spiro atoms. The van der Waals surface area contributed by atoms with Gasteiger partial charge in [0.2, 0.25) is 5.91 Å². The molecule has 4 nitrogen and oxygen atoms in total. The molecule has 2 heterocycles. The van der Waals surface area contributed by atoms with Crippen LogP contribution in [-0.4, -0.2) is 37.0 Å². The Hall–Kier alpha value is -0.750. The fourth-order valence-corrected chi connectivity index (χ4v) is 3.73. The molecule has 110 valence electrons. The molecule has 0 bridgehead atoms. The Morgan fingerprint density at radius 1 is 1.45 bits per heavy atom. The lowest BCUT2D eigenvalue weighted by Gasteiger charge is -2.30. The van der Waals surface area contributed by atoms with Gasteiger partial charge in [-0.15, -0.1) is 24.2 Å². The van der Waals surface area contributed by atoms with Gasteiger partial charge >= 0.3 is 0 Å². The van der Waals surface area contributed by atoms with Gasteiger partial charge in [-0.25, -0.2) is 0 Å². The summed E-state index contributed by atoms with van der Waals surface area (Å²) in [6.07, 6.45) is -0.0713. The highest BCUT2D eigenvalue weighted by molar-refractivity contribution is 7.99. The first-order chi connectivity index (χ1) is 9.25. The van der Waals surface area contributed by atoms with E-state index in [1.54, 1.807) is 11.8 Å².